The monoisotopic (exact) mass is 485 g/mol. The van der Waals surface area contributed by atoms with E-state index in [9.17, 15) is 13.2 Å². The number of unbranched alkanes of at least 4 members (excludes halogenated alkanes) is 3. The highest BCUT2D eigenvalue weighted by atomic mass is 32.2. The second-order valence-corrected chi connectivity index (χ2v) is 10.3. The number of ether oxygens (including phenoxy) is 1. The van der Waals surface area contributed by atoms with Gasteiger partial charge in [0.1, 0.15) is 0 Å². The van der Waals surface area contributed by atoms with Gasteiger partial charge in [-0.25, -0.2) is 13.2 Å². The number of nitrogens with zero attached hydrogens (tertiary/aromatic N) is 3. The summed E-state index contributed by atoms with van der Waals surface area (Å²) < 4.78 is 31.9. The molecular formula is C22H39N5O5S. The fourth-order valence-electron chi connectivity index (χ4n) is 3.44. The van der Waals surface area contributed by atoms with E-state index in [1.807, 2.05) is 26.0 Å². The third-order valence-electron chi connectivity index (χ3n) is 5.22. The van der Waals surface area contributed by atoms with E-state index < -0.39 is 10.0 Å². The zero-order chi connectivity index (χ0) is 23.9. The molecule has 33 heavy (non-hydrogen) atoms. The zero-order valence-corrected chi connectivity index (χ0v) is 20.7. The SMILES string of the molecule is CC(C)N(OCCN1CCOCC1)S(=O)(=O)CCCCCCNC(=O)NCc1cccnc1. The first kappa shape index (κ1) is 27.5. The predicted octanol–water partition coefficient (Wildman–Crippen LogP) is 1.75. The third kappa shape index (κ3) is 11.3. The number of hydroxylamine groups is 1. The van der Waals surface area contributed by atoms with Crippen LogP contribution in [0, 0.1) is 0 Å². The van der Waals surface area contributed by atoms with Crippen LogP contribution in [0.5, 0.6) is 0 Å². The molecule has 0 spiro atoms. The molecule has 10 nitrogen and oxygen atoms in total. The van der Waals surface area contributed by atoms with Crippen LogP contribution in [0.4, 0.5) is 4.79 Å². The number of nitrogens with one attached hydrogen (secondary N) is 2. The summed E-state index contributed by atoms with van der Waals surface area (Å²) in [5.41, 5.74) is 0.939. The number of rotatable bonds is 15. The zero-order valence-electron chi connectivity index (χ0n) is 19.9. The maximum atomic E-state index is 12.7. The van der Waals surface area contributed by atoms with Crippen molar-refractivity contribution in [3.05, 3.63) is 30.1 Å². The van der Waals surface area contributed by atoms with Gasteiger partial charge in [0.15, 0.2) is 0 Å². The second-order valence-electron chi connectivity index (χ2n) is 8.34. The highest BCUT2D eigenvalue weighted by molar-refractivity contribution is 7.88. The molecule has 1 aromatic rings. The summed E-state index contributed by atoms with van der Waals surface area (Å²) in [6, 6.07) is 3.25. The van der Waals surface area contributed by atoms with Crippen LogP contribution in [0.3, 0.4) is 0 Å². The maximum absolute atomic E-state index is 12.7. The highest BCUT2D eigenvalue weighted by Gasteiger charge is 2.26. The van der Waals surface area contributed by atoms with Gasteiger partial charge in [-0.2, -0.15) is 0 Å². The number of amides is 2. The van der Waals surface area contributed by atoms with Crippen molar-refractivity contribution in [2.45, 2.75) is 52.1 Å². The molecule has 0 aromatic carbocycles. The van der Waals surface area contributed by atoms with Gasteiger partial charge in [-0.05, 0) is 38.3 Å². The Kier molecular flexibility index (Phi) is 12.6. The van der Waals surface area contributed by atoms with E-state index in [0.717, 1.165) is 42.4 Å². The minimum absolute atomic E-state index is 0.0573. The van der Waals surface area contributed by atoms with Gasteiger partial charge in [0.25, 0.3) is 0 Å². The standard InChI is InChI=1S/C22H39N5O5S/c1-20(2)27(32-16-13-26-11-14-31-15-12-26)33(29,30)17-6-4-3-5-10-24-22(28)25-19-21-8-7-9-23-18-21/h7-9,18,20H,3-6,10-17,19H2,1-2H3,(H2,24,25,28). The Morgan fingerprint density at radius 1 is 1.21 bits per heavy atom. The van der Waals surface area contributed by atoms with E-state index in [-0.39, 0.29) is 17.8 Å². The summed E-state index contributed by atoms with van der Waals surface area (Å²) in [5, 5.41) is 5.60. The Labute approximate surface area is 198 Å². The Hall–Kier alpha value is -1.79. The van der Waals surface area contributed by atoms with Crippen molar-refractivity contribution in [3.8, 4) is 0 Å². The smallest absolute Gasteiger partial charge is 0.315 e. The van der Waals surface area contributed by atoms with Gasteiger partial charge in [0.2, 0.25) is 10.0 Å². The van der Waals surface area contributed by atoms with Crippen LogP contribution in [-0.2, 0) is 26.1 Å². The Morgan fingerprint density at radius 2 is 1.97 bits per heavy atom. The maximum Gasteiger partial charge on any atom is 0.315 e. The molecular weight excluding hydrogens is 446 g/mol. The van der Waals surface area contributed by atoms with Crippen LogP contribution in [0.1, 0.15) is 45.1 Å². The first-order chi connectivity index (χ1) is 15.9. The van der Waals surface area contributed by atoms with Crippen molar-refractivity contribution in [1.82, 2.24) is 25.0 Å². The number of carbonyl (C=O) groups excluding carboxylic acids is 1. The van der Waals surface area contributed by atoms with E-state index in [0.29, 0.717) is 45.9 Å². The molecule has 2 N–H and O–H groups in total. The molecule has 1 aromatic heterocycles. The molecule has 1 fully saturated rings. The largest absolute Gasteiger partial charge is 0.379 e. The second kappa shape index (κ2) is 15.2. The van der Waals surface area contributed by atoms with Crippen LogP contribution in [0.25, 0.3) is 0 Å². The fraction of sp³-hybridized carbons (Fsp3) is 0.727. The van der Waals surface area contributed by atoms with Crippen LogP contribution in [-0.4, -0.2) is 86.6 Å². The van der Waals surface area contributed by atoms with Gasteiger partial charge in [-0.15, -0.1) is 0 Å². The Bertz CT molecular complexity index is 773. The van der Waals surface area contributed by atoms with Crippen molar-refractivity contribution >= 4 is 16.1 Å². The van der Waals surface area contributed by atoms with Crippen molar-refractivity contribution in [3.63, 3.8) is 0 Å². The van der Waals surface area contributed by atoms with Crippen molar-refractivity contribution in [1.29, 1.82) is 0 Å². The molecule has 0 aliphatic carbocycles. The lowest BCUT2D eigenvalue weighted by Crippen LogP contribution is -2.42. The molecule has 0 saturated carbocycles. The number of pyridine rings is 1. The number of morpholine rings is 1. The van der Waals surface area contributed by atoms with Crippen molar-refractivity contribution in [2.24, 2.45) is 0 Å². The van der Waals surface area contributed by atoms with Crippen molar-refractivity contribution < 1.29 is 22.8 Å². The lowest BCUT2D eigenvalue weighted by atomic mass is 10.2. The van der Waals surface area contributed by atoms with Crippen LogP contribution < -0.4 is 10.6 Å². The molecule has 2 rings (SSSR count). The number of sulfonamides is 1. The summed E-state index contributed by atoms with van der Waals surface area (Å²) >= 11 is 0. The summed E-state index contributed by atoms with van der Waals surface area (Å²) in [6.45, 7) is 8.74. The van der Waals surface area contributed by atoms with E-state index in [1.54, 1.807) is 12.4 Å². The van der Waals surface area contributed by atoms with Crippen LogP contribution in [0.15, 0.2) is 24.5 Å². The van der Waals surface area contributed by atoms with E-state index >= 15 is 0 Å². The summed E-state index contributed by atoms with van der Waals surface area (Å²) in [7, 11) is -3.48. The van der Waals surface area contributed by atoms with Gasteiger partial charge in [-0.1, -0.05) is 23.4 Å². The first-order valence-electron chi connectivity index (χ1n) is 11.7. The highest BCUT2D eigenvalue weighted by Crippen LogP contribution is 2.12. The lowest BCUT2D eigenvalue weighted by molar-refractivity contribution is -0.112. The predicted molar refractivity (Wildman–Crippen MR) is 127 cm³/mol. The van der Waals surface area contributed by atoms with E-state index in [2.05, 4.69) is 20.5 Å². The third-order valence-corrected chi connectivity index (χ3v) is 7.10. The van der Waals surface area contributed by atoms with Gasteiger partial charge in [0, 0.05) is 51.2 Å². The Balaban J connectivity index is 1.55. The molecule has 1 saturated heterocycles. The quantitative estimate of drug-likeness (QED) is 0.287. The van der Waals surface area contributed by atoms with Gasteiger partial charge >= 0.3 is 6.03 Å². The van der Waals surface area contributed by atoms with Crippen LogP contribution >= 0.6 is 0 Å². The minimum Gasteiger partial charge on any atom is -0.379 e. The van der Waals surface area contributed by atoms with Crippen LogP contribution in [0.2, 0.25) is 0 Å². The molecule has 1 aliphatic heterocycles. The summed E-state index contributed by atoms with van der Waals surface area (Å²) in [6.07, 6.45) is 6.38. The molecule has 188 valence electrons. The van der Waals surface area contributed by atoms with Gasteiger partial charge in [0.05, 0.1) is 25.6 Å². The number of hydrogen-bond donors (Lipinski definition) is 2. The van der Waals surface area contributed by atoms with Crippen molar-refractivity contribution in [2.75, 3.05) is 51.8 Å². The van der Waals surface area contributed by atoms with Gasteiger partial charge in [-0.3, -0.25) is 14.7 Å². The number of urea groups is 1. The minimum atomic E-state index is -3.48. The molecule has 11 heteroatoms. The molecule has 2 amide bonds. The molecule has 1 aliphatic rings. The topological polar surface area (TPSA) is 113 Å². The molecule has 0 unspecified atom stereocenters. The number of hydrogen-bond acceptors (Lipinski definition) is 7. The summed E-state index contributed by atoms with van der Waals surface area (Å²) in [4.78, 5) is 23.7. The molecule has 2 heterocycles. The first-order valence-corrected chi connectivity index (χ1v) is 13.3. The average Bonchev–Trinajstić information content (AvgIpc) is 2.80. The Morgan fingerprint density at radius 3 is 2.67 bits per heavy atom. The van der Waals surface area contributed by atoms with E-state index in [1.165, 1.54) is 0 Å². The number of carbonyl (C=O) groups is 1. The molecule has 0 atom stereocenters. The fourth-order valence-corrected chi connectivity index (χ4v) is 5.06. The normalized spacial score (nSPS) is 15.2. The summed E-state index contributed by atoms with van der Waals surface area (Å²) in [5.74, 6) is 0.0573. The molecule has 0 bridgehead atoms. The molecule has 0 radical (unpaired) electrons. The average molecular weight is 486 g/mol. The number of aromatic nitrogens is 1. The van der Waals surface area contributed by atoms with E-state index in [4.69, 9.17) is 9.57 Å². The van der Waals surface area contributed by atoms with Gasteiger partial charge < -0.3 is 15.4 Å². The lowest BCUT2D eigenvalue weighted by Gasteiger charge is -2.29.